The van der Waals surface area contributed by atoms with E-state index in [0.29, 0.717) is 10.4 Å². The maximum atomic E-state index is 12.2. The summed E-state index contributed by atoms with van der Waals surface area (Å²) < 4.78 is 5.39. The van der Waals surface area contributed by atoms with Crippen LogP contribution in [0.25, 0.3) is 11.0 Å². The van der Waals surface area contributed by atoms with Crippen LogP contribution < -0.4 is 5.32 Å². The fourth-order valence-electron chi connectivity index (χ4n) is 2.48. The number of rotatable bonds is 2. The van der Waals surface area contributed by atoms with Crippen LogP contribution in [-0.2, 0) is 0 Å². The molecule has 1 aliphatic carbocycles. The average molecular weight is 308 g/mol. The molecule has 1 heterocycles. The maximum absolute atomic E-state index is 12.2. The largest absolute Gasteiger partial charge is 0.463 e. The highest BCUT2D eigenvalue weighted by molar-refractivity contribution is 9.09. The van der Waals surface area contributed by atoms with E-state index in [4.69, 9.17) is 4.42 Å². The van der Waals surface area contributed by atoms with Gasteiger partial charge >= 0.3 is 0 Å². The number of amides is 1. The molecule has 0 bridgehead atoms. The van der Waals surface area contributed by atoms with Crippen LogP contribution in [0.3, 0.4) is 0 Å². The number of fused-ring (bicyclic) bond motifs is 1. The van der Waals surface area contributed by atoms with Crippen molar-refractivity contribution in [3.05, 3.63) is 36.1 Å². The Morgan fingerprint density at radius 2 is 2.17 bits per heavy atom. The van der Waals surface area contributed by atoms with Gasteiger partial charge in [-0.2, -0.15) is 0 Å². The summed E-state index contributed by atoms with van der Waals surface area (Å²) in [6, 6.07) is 7.82. The summed E-state index contributed by atoms with van der Waals surface area (Å²) in [5.41, 5.74) is 1.38. The molecular weight excluding hydrogens is 294 g/mol. The van der Waals surface area contributed by atoms with Crippen molar-refractivity contribution in [1.29, 1.82) is 0 Å². The summed E-state index contributed by atoms with van der Waals surface area (Å²) in [5.74, 6) is -0.0451. The molecule has 94 valence electrons. The Bertz CT molecular complexity index is 578. The van der Waals surface area contributed by atoms with Gasteiger partial charge in [0.15, 0.2) is 0 Å². The highest BCUT2D eigenvalue weighted by atomic mass is 79.9. The van der Waals surface area contributed by atoms with Crippen molar-refractivity contribution in [3.8, 4) is 0 Å². The molecule has 0 radical (unpaired) electrons. The number of carbonyl (C=O) groups excluding carboxylic acids is 1. The zero-order valence-corrected chi connectivity index (χ0v) is 11.4. The van der Waals surface area contributed by atoms with Crippen molar-refractivity contribution >= 4 is 32.8 Å². The molecule has 1 amide bonds. The van der Waals surface area contributed by atoms with Gasteiger partial charge in [-0.1, -0.05) is 40.5 Å². The second kappa shape index (κ2) is 4.76. The highest BCUT2D eigenvalue weighted by Crippen LogP contribution is 2.27. The first kappa shape index (κ1) is 11.8. The molecule has 1 N–H and O–H groups in total. The minimum Gasteiger partial charge on any atom is -0.463 e. The Balaban J connectivity index is 1.84. The summed E-state index contributed by atoms with van der Waals surface area (Å²) in [6.45, 7) is 0. The van der Waals surface area contributed by atoms with Crippen LogP contribution in [-0.4, -0.2) is 16.8 Å². The molecule has 1 aromatic heterocycles. The van der Waals surface area contributed by atoms with Crippen LogP contribution in [0.15, 0.2) is 34.9 Å². The van der Waals surface area contributed by atoms with Crippen LogP contribution in [0, 0.1) is 0 Å². The quantitative estimate of drug-likeness (QED) is 0.863. The SMILES string of the molecule is O=C(NC1CCCC1Br)c1coc2ccccc12. The van der Waals surface area contributed by atoms with Crippen LogP contribution in [0.2, 0.25) is 0 Å². The monoisotopic (exact) mass is 307 g/mol. The maximum Gasteiger partial charge on any atom is 0.255 e. The number of nitrogens with one attached hydrogen (secondary N) is 1. The van der Waals surface area contributed by atoms with Gasteiger partial charge in [-0.25, -0.2) is 0 Å². The molecule has 3 rings (SSSR count). The molecule has 2 unspecified atom stereocenters. The summed E-state index contributed by atoms with van der Waals surface area (Å²) in [4.78, 5) is 12.6. The normalized spacial score (nSPS) is 23.4. The molecule has 4 heteroatoms. The molecule has 1 saturated carbocycles. The lowest BCUT2D eigenvalue weighted by Gasteiger charge is -2.15. The van der Waals surface area contributed by atoms with E-state index in [0.717, 1.165) is 30.2 Å². The third-order valence-corrected chi connectivity index (χ3v) is 4.57. The lowest BCUT2D eigenvalue weighted by molar-refractivity contribution is 0.0940. The molecule has 1 aromatic carbocycles. The van der Waals surface area contributed by atoms with E-state index < -0.39 is 0 Å². The van der Waals surface area contributed by atoms with Gasteiger partial charge < -0.3 is 9.73 Å². The molecule has 0 aliphatic heterocycles. The van der Waals surface area contributed by atoms with Crippen LogP contribution in [0.1, 0.15) is 29.6 Å². The molecular formula is C14H14BrNO2. The van der Waals surface area contributed by atoms with Gasteiger partial charge in [-0.05, 0) is 18.9 Å². The third kappa shape index (κ3) is 2.05. The molecule has 2 atom stereocenters. The second-order valence-electron chi connectivity index (χ2n) is 4.67. The van der Waals surface area contributed by atoms with Gasteiger partial charge in [0, 0.05) is 16.3 Å². The molecule has 2 aromatic rings. The van der Waals surface area contributed by atoms with Crippen molar-refractivity contribution in [2.24, 2.45) is 0 Å². The minimum absolute atomic E-state index is 0.0451. The molecule has 0 saturated heterocycles. The fourth-order valence-corrected chi connectivity index (χ4v) is 3.20. The number of alkyl halides is 1. The highest BCUT2D eigenvalue weighted by Gasteiger charge is 2.27. The van der Waals surface area contributed by atoms with Crippen molar-refractivity contribution in [3.63, 3.8) is 0 Å². The van der Waals surface area contributed by atoms with Gasteiger partial charge in [0.25, 0.3) is 5.91 Å². The first-order valence-electron chi connectivity index (χ1n) is 6.17. The topological polar surface area (TPSA) is 42.2 Å². The molecule has 3 nitrogen and oxygen atoms in total. The third-order valence-electron chi connectivity index (χ3n) is 3.47. The second-order valence-corrected chi connectivity index (χ2v) is 5.85. The fraction of sp³-hybridized carbons (Fsp3) is 0.357. The van der Waals surface area contributed by atoms with E-state index in [-0.39, 0.29) is 11.9 Å². The number of hydrogen-bond donors (Lipinski definition) is 1. The standard InChI is InChI=1S/C14H14BrNO2/c15-11-5-3-6-12(11)16-14(17)10-8-18-13-7-2-1-4-9(10)13/h1-2,4,7-8,11-12H,3,5-6H2,(H,16,17). The number of halogens is 1. The summed E-state index contributed by atoms with van der Waals surface area (Å²) in [5, 5.41) is 3.95. The molecule has 1 aliphatic rings. The van der Waals surface area contributed by atoms with Crippen molar-refractivity contribution in [2.45, 2.75) is 30.1 Å². The van der Waals surface area contributed by atoms with Crippen molar-refractivity contribution < 1.29 is 9.21 Å². The van der Waals surface area contributed by atoms with Gasteiger partial charge in [0.05, 0.1) is 5.56 Å². The summed E-state index contributed by atoms with van der Waals surface area (Å²) in [7, 11) is 0. The van der Waals surface area contributed by atoms with E-state index in [9.17, 15) is 4.79 Å². The zero-order chi connectivity index (χ0) is 12.5. The van der Waals surface area contributed by atoms with E-state index in [2.05, 4.69) is 21.2 Å². The number of carbonyl (C=O) groups is 1. The van der Waals surface area contributed by atoms with Crippen LogP contribution in [0.5, 0.6) is 0 Å². The predicted octanol–water partition coefficient (Wildman–Crippen LogP) is 3.48. The van der Waals surface area contributed by atoms with Gasteiger partial charge in [-0.15, -0.1) is 0 Å². The molecule has 1 fully saturated rings. The van der Waals surface area contributed by atoms with E-state index in [1.165, 1.54) is 6.26 Å². The number of benzene rings is 1. The average Bonchev–Trinajstić information content (AvgIpc) is 2.96. The van der Waals surface area contributed by atoms with Gasteiger partial charge in [-0.3, -0.25) is 4.79 Å². The van der Waals surface area contributed by atoms with E-state index in [1.807, 2.05) is 24.3 Å². The minimum atomic E-state index is -0.0451. The Hall–Kier alpha value is -1.29. The van der Waals surface area contributed by atoms with E-state index in [1.54, 1.807) is 0 Å². The number of para-hydroxylation sites is 1. The van der Waals surface area contributed by atoms with Crippen LogP contribution >= 0.6 is 15.9 Å². The van der Waals surface area contributed by atoms with Gasteiger partial charge in [0.1, 0.15) is 11.8 Å². The van der Waals surface area contributed by atoms with Gasteiger partial charge in [0.2, 0.25) is 0 Å². The Kier molecular flexibility index (Phi) is 3.12. The Morgan fingerprint density at radius 1 is 1.33 bits per heavy atom. The smallest absolute Gasteiger partial charge is 0.255 e. The van der Waals surface area contributed by atoms with E-state index >= 15 is 0 Å². The lowest BCUT2D eigenvalue weighted by Crippen LogP contribution is -2.37. The number of hydrogen-bond acceptors (Lipinski definition) is 2. The lowest BCUT2D eigenvalue weighted by atomic mass is 10.1. The number of furan rings is 1. The first-order valence-corrected chi connectivity index (χ1v) is 7.08. The van der Waals surface area contributed by atoms with Crippen molar-refractivity contribution in [2.75, 3.05) is 0 Å². The predicted molar refractivity (Wildman–Crippen MR) is 74.0 cm³/mol. The summed E-state index contributed by atoms with van der Waals surface area (Å²) >= 11 is 3.61. The molecule has 18 heavy (non-hydrogen) atoms. The Labute approximate surface area is 114 Å². The van der Waals surface area contributed by atoms with Crippen LogP contribution in [0.4, 0.5) is 0 Å². The first-order chi connectivity index (χ1) is 8.75. The Morgan fingerprint density at radius 3 is 2.94 bits per heavy atom. The van der Waals surface area contributed by atoms with Crippen molar-refractivity contribution in [1.82, 2.24) is 5.32 Å². The molecule has 0 spiro atoms. The summed E-state index contributed by atoms with van der Waals surface area (Å²) in [6.07, 6.45) is 4.86. The zero-order valence-electron chi connectivity index (χ0n) is 9.86.